The highest BCUT2D eigenvalue weighted by atomic mass is 32.1. The third-order valence-electron chi connectivity index (χ3n) is 3.63. The predicted octanol–water partition coefficient (Wildman–Crippen LogP) is 0.871. The minimum absolute atomic E-state index is 0.0858. The molecule has 0 aliphatic carbocycles. The van der Waals surface area contributed by atoms with Gasteiger partial charge in [-0.2, -0.15) is 4.37 Å². The molecule has 0 aromatic carbocycles. The van der Waals surface area contributed by atoms with E-state index < -0.39 is 0 Å². The van der Waals surface area contributed by atoms with E-state index in [1.54, 1.807) is 0 Å². The minimum atomic E-state index is 0.0858. The van der Waals surface area contributed by atoms with E-state index in [0.29, 0.717) is 12.0 Å². The first kappa shape index (κ1) is 12.8. The Morgan fingerprint density at radius 3 is 2.84 bits per heavy atom. The average molecular weight is 281 g/mol. The van der Waals surface area contributed by atoms with Gasteiger partial charge in [-0.1, -0.05) is 13.8 Å². The first-order valence-electron chi connectivity index (χ1n) is 6.73. The average Bonchev–Trinajstić information content (AvgIpc) is 2.92. The number of urea groups is 1. The van der Waals surface area contributed by atoms with E-state index in [4.69, 9.17) is 0 Å². The van der Waals surface area contributed by atoms with Gasteiger partial charge in [-0.05, 0) is 11.5 Å². The summed E-state index contributed by atoms with van der Waals surface area (Å²) in [6, 6.07) is 0.461. The lowest BCUT2D eigenvalue weighted by molar-refractivity contribution is 0.0588. The third kappa shape index (κ3) is 2.57. The van der Waals surface area contributed by atoms with Crippen molar-refractivity contribution in [3.8, 4) is 0 Å². The highest BCUT2D eigenvalue weighted by Gasteiger charge is 2.36. The zero-order valence-electron chi connectivity index (χ0n) is 11.3. The fourth-order valence-corrected chi connectivity index (χ4v) is 3.29. The van der Waals surface area contributed by atoms with Gasteiger partial charge in [-0.25, -0.2) is 9.78 Å². The SMILES string of the molecule is CC(C)c1nsc(CN2CC(N3CCNC3=O)C2)n1. The Morgan fingerprint density at radius 2 is 2.26 bits per heavy atom. The Morgan fingerprint density at radius 1 is 1.47 bits per heavy atom. The van der Waals surface area contributed by atoms with Crippen molar-refractivity contribution in [3.63, 3.8) is 0 Å². The Labute approximate surface area is 117 Å². The van der Waals surface area contributed by atoms with E-state index >= 15 is 0 Å². The summed E-state index contributed by atoms with van der Waals surface area (Å²) in [7, 11) is 0. The first-order chi connectivity index (χ1) is 9.13. The summed E-state index contributed by atoms with van der Waals surface area (Å²) < 4.78 is 4.37. The molecule has 7 heteroatoms. The summed E-state index contributed by atoms with van der Waals surface area (Å²) in [6.45, 7) is 8.59. The third-order valence-corrected chi connectivity index (χ3v) is 4.34. The molecule has 3 rings (SSSR count). The van der Waals surface area contributed by atoms with Crippen LogP contribution in [0.1, 0.15) is 30.6 Å². The van der Waals surface area contributed by atoms with Crippen LogP contribution in [0.15, 0.2) is 0 Å². The molecule has 1 aromatic heterocycles. The highest BCUT2D eigenvalue weighted by Crippen LogP contribution is 2.21. The molecule has 0 saturated carbocycles. The lowest BCUT2D eigenvalue weighted by Crippen LogP contribution is -2.59. The second-order valence-electron chi connectivity index (χ2n) is 5.47. The van der Waals surface area contributed by atoms with Gasteiger partial charge >= 0.3 is 6.03 Å². The Hall–Kier alpha value is -1.21. The second kappa shape index (κ2) is 5.05. The fraction of sp³-hybridized carbons (Fsp3) is 0.750. The number of nitrogens with one attached hydrogen (secondary N) is 1. The molecule has 0 bridgehead atoms. The number of rotatable bonds is 4. The van der Waals surface area contributed by atoms with E-state index in [1.165, 1.54) is 11.5 Å². The first-order valence-corrected chi connectivity index (χ1v) is 7.50. The van der Waals surface area contributed by atoms with E-state index in [9.17, 15) is 4.79 Å². The highest BCUT2D eigenvalue weighted by molar-refractivity contribution is 7.05. The lowest BCUT2D eigenvalue weighted by atomic mass is 10.1. The van der Waals surface area contributed by atoms with Crippen molar-refractivity contribution in [2.45, 2.75) is 32.4 Å². The number of nitrogens with zero attached hydrogens (tertiary/aromatic N) is 4. The van der Waals surface area contributed by atoms with E-state index in [1.807, 2.05) is 4.90 Å². The van der Waals surface area contributed by atoms with Crippen LogP contribution < -0.4 is 5.32 Å². The molecule has 2 fully saturated rings. The van der Waals surface area contributed by atoms with Gasteiger partial charge in [0.05, 0.1) is 12.6 Å². The number of aromatic nitrogens is 2. The van der Waals surface area contributed by atoms with Crippen LogP contribution in [-0.4, -0.2) is 57.4 Å². The number of carbonyl (C=O) groups excluding carboxylic acids is 1. The van der Waals surface area contributed by atoms with Crippen LogP contribution in [0.3, 0.4) is 0 Å². The maximum atomic E-state index is 11.5. The summed E-state index contributed by atoms with van der Waals surface area (Å²) >= 11 is 1.49. The van der Waals surface area contributed by atoms with Crippen molar-refractivity contribution in [1.82, 2.24) is 24.5 Å². The standard InChI is InChI=1S/C12H19N5OS/c1-8(2)11-14-10(19-15-11)7-16-5-9(6-16)17-4-3-13-12(17)18/h8-9H,3-7H2,1-2H3,(H,13,18). The zero-order chi connectivity index (χ0) is 13.4. The summed E-state index contributed by atoms with van der Waals surface area (Å²) in [5.41, 5.74) is 0. The van der Waals surface area contributed by atoms with Crippen molar-refractivity contribution in [1.29, 1.82) is 0 Å². The van der Waals surface area contributed by atoms with Crippen LogP contribution in [0.2, 0.25) is 0 Å². The topological polar surface area (TPSA) is 61.4 Å². The van der Waals surface area contributed by atoms with Crippen LogP contribution in [0.5, 0.6) is 0 Å². The van der Waals surface area contributed by atoms with Gasteiger partial charge in [0, 0.05) is 32.1 Å². The Kier molecular flexibility index (Phi) is 3.40. The molecule has 2 amide bonds. The predicted molar refractivity (Wildman–Crippen MR) is 73.2 cm³/mol. The molecule has 3 heterocycles. The zero-order valence-corrected chi connectivity index (χ0v) is 12.1. The van der Waals surface area contributed by atoms with Gasteiger partial charge in [0.2, 0.25) is 0 Å². The van der Waals surface area contributed by atoms with Crippen LogP contribution in [0, 0.1) is 0 Å². The van der Waals surface area contributed by atoms with Gasteiger partial charge in [0.1, 0.15) is 10.8 Å². The van der Waals surface area contributed by atoms with E-state index in [-0.39, 0.29) is 6.03 Å². The molecule has 0 unspecified atom stereocenters. The number of carbonyl (C=O) groups is 1. The lowest BCUT2D eigenvalue weighted by Gasteiger charge is -2.43. The monoisotopic (exact) mass is 281 g/mol. The van der Waals surface area contributed by atoms with Crippen LogP contribution in [-0.2, 0) is 6.54 Å². The van der Waals surface area contributed by atoms with Crippen LogP contribution >= 0.6 is 11.5 Å². The molecule has 0 atom stereocenters. The molecule has 1 aromatic rings. The van der Waals surface area contributed by atoms with Crippen molar-refractivity contribution in [2.75, 3.05) is 26.2 Å². The molecular weight excluding hydrogens is 262 g/mol. The van der Waals surface area contributed by atoms with Crippen LogP contribution in [0.4, 0.5) is 4.79 Å². The number of hydrogen-bond donors (Lipinski definition) is 1. The molecule has 2 aliphatic heterocycles. The second-order valence-corrected chi connectivity index (χ2v) is 6.31. The quantitative estimate of drug-likeness (QED) is 0.889. The van der Waals surface area contributed by atoms with Crippen molar-refractivity contribution >= 4 is 17.6 Å². The summed E-state index contributed by atoms with van der Waals surface area (Å²) in [5.74, 6) is 1.33. The molecule has 104 valence electrons. The molecule has 19 heavy (non-hydrogen) atoms. The van der Waals surface area contributed by atoms with Crippen molar-refractivity contribution in [2.24, 2.45) is 0 Å². The molecule has 2 saturated heterocycles. The van der Waals surface area contributed by atoms with E-state index in [0.717, 1.165) is 43.6 Å². The maximum Gasteiger partial charge on any atom is 0.317 e. The Bertz CT molecular complexity index is 468. The number of likely N-dealkylation sites (tertiary alicyclic amines) is 1. The molecule has 0 spiro atoms. The summed E-state index contributed by atoms with van der Waals surface area (Å²) in [5, 5.41) is 3.92. The normalized spacial score (nSPS) is 21.0. The van der Waals surface area contributed by atoms with Gasteiger partial charge in [0.25, 0.3) is 0 Å². The van der Waals surface area contributed by atoms with Crippen molar-refractivity contribution < 1.29 is 4.79 Å². The largest absolute Gasteiger partial charge is 0.336 e. The Balaban J connectivity index is 1.49. The fourth-order valence-electron chi connectivity index (χ4n) is 2.46. The van der Waals surface area contributed by atoms with Gasteiger partial charge < -0.3 is 10.2 Å². The van der Waals surface area contributed by atoms with Gasteiger partial charge in [-0.15, -0.1) is 0 Å². The molecule has 6 nitrogen and oxygen atoms in total. The summed E-state index contributed by atoms with van der Waals surface area (Å²) in [6.07, 6.45) is 0. The minimum Gasteiger partial charge on any atom is -0.336 e. The maximum absolute atomic E-state index is 11.5. The van der Waals surface area contributed by atoms with Gasteiger partial charge in [0.15, 0.2) is 0 Å². The number of amides is 2. The molecule has 0 radical (unpaired) electrons. The smallest absolute Gasteiger partial charge is 0.317 e. The number of hydrogen-bond acceptors (Lipinski definition) is 5. The molecular formula is C12H19N5OS. The van der Waals surface area contributed by atoms with Crippen molar-refractivity contribution in [3.05, 3.63) is 10.8 Å². The molecule has 2 aliphatic rings. The van der Waals surface area contributed by atoms with E-state index in [2.05, 4.69) is 33.4 Å². The van der Waals surface area contributed by atoms with Crippen LogP contribution in [0.25, 0.3) is 0 Å². The van der Waals surface area contributed by atoms with Gasteiger partial charge in [-0.3, -0.25) is 4.90 Å². The summed E-state index contributed by atoms with van der Waals surface area (Å²) in [4.78, 5) is 20.3. The molecule has 1 N–H and O–H groups in total.